The van der Waals surface area contributed by atoms with Crippen LogP contribution in [-0.4, -0.2) is 53.3 Å². The molecule has 0 saturated carbocycles. The summed E-state index contributed by atoms with van der Waals surface area (Å²) in [4.78, 5) is 21.9. The lowest BCUT2D eigenvalue weighted by Crippen LogP contribution is -2.37. The molecule has 0 atom stereocenters. The van der Waals surface area contributed by atoms with Crippen molar-refractivity contribution in [3.8, 4) is 12.3 Å². The van der Waals surface area contributed by atoms with Crippen LogP contribution in [-0.2, 0) is 4.74 Å². The summed E-state index contributed by atoms with van der Waals surface area (Å²) >= 11 is 0. The molecule has 8 heteroatoms. The number of nitrogens with zero attached hydrogens (tertiary/aromatic N) is 5. The van der Waals surface area contributed by atoms with Crippen LogP contribution < -0.4 is 15.1 Å². The molecular formula is C25H25N7O. The van der Waals surface area contributed by atoms with Crippen LogP contribution in [0.25, 0.3) is 11.2 Å². The Labute approximate surface area is 192 Å². The molecule has 3 heterocycles. The van der Waals surface area contributed by atoms with E-state index in [4.69, 9.17) is 26.1 Å². The van der Waals surface area contributed by atoms with Crippen LogP contribution in [0.2, 0.25) is 0 Å². The molecule has 0 amide bonds. The first-order valence-electron chi connectivity index (χ1n) is 10.9. The van der Waals surface area contributed by atoms with E-state index < -0.39 is 0 Å². The molecular weight excluding hydrogens is 414 g/mol. The number of imidazole rings is 1. The maximum absolute atomic E-state index is 5.55. The van der Waals surface area contributed by atoms with Gasteiger partial charge in [0.2, 0.25) is 11.9 Å². The summed E-state index contributed by atoms with van der Waals surface area (Å²) in [5.41, 5.74) is 5.30. The number of aromatic nitrogens is 4. The Morgan fingerprint density at radius 2 is 1.88 bits per heavy atom. The maximum Gasteiger partial charge on any atom is 0.233 e. The Hall–Kier alpha value is -4.09. The first kappa shape index (κ1) is 20.8. The number of nitrogens with one attached hydrogen (secondary N) is 2. The van der Waals surface area contributed by atoms with Gasteiger partial charge in [-0.1, -0.05) is 18.1 Å². The fourth-order valence-corrected chi connectivity index (χ4v) is 3.84. The van der Waals surface area contributed by atoms with Crippen LogP contribution in [0.1, 0.15) is 11.1 Å². The van der Waals surface area contributed by atoms with E-state index in [2.05, 4.69) is 40.2 Å². The monoisotopic (exact) mass is 439 g/mol. The van der Waals surface area contributed by atoms with Gasteiger partial charge in [0, 0.05) is 37.1 Å². The molecule has 0 bridgehead atoms. The van der Waals surface area contributed by atoms with Gasteiger partial charge in [-0.05, 0) is 48.9 Å². The summed E-state index contributed by atoms with van der Waals surface area (Å²) in [6.45, 7) is 4.89. The van der Waals surface area contributed by atoms with Gasteiger partial charge in [0.1, 0.15) is 5.52 Å². The average molecular weight is 440 g/mol. The van der Waals surface area contributed by atoms with E-state index in [0.717, 1.165) is 41.4 Å². The van der Waals surface area contributed by atoms with Gasteiger partial charge in [-0.15, -0.1) is 6.42 Å². The second kappa shape index (κ2) is 8.81. The second-order valence-electron chi connectivity index (χ2n) is 7.98. The Bertz CT molecular complexity index is 1320. The lowest BCUT2D eigenvalue weighted by Gasteiger charge is -2.28. The van der Waals surface area contributed by atoms with E-state index in [-0.39, 0.29) is 0 Å². The zero-order valence-corrected chi connectivity index (χ0v) is 18.7. The van der Waals surface area contributed by atoms with Gasteiger partial charge in [0.25, 0.3) is 0 Å². The first-order valence-corrected chi connectivity index (χ1v) is 10.9. The normalized spacial score (nSPS) is 13.7. The molecule has 1 aliphatic rings. The number of hydrogen-bond donors (Lipinski definition) is 2. The van der Waals surface area contributed by atoms with E-state index in [0.29, 0.717) is 30.8 Å². The van der Waals surface area contributed by atoms with Gasteiger partial charge < -0.3 is 24.8 Å². The van der Waals surface area contributed by atoms with Crippen LogP contribution in [0.15, 0.2) is 48.5 Å². The van der Waals surface area contributed by atoms with E-state index in [1.165, 1.54) is 5.56 Å². The zero-order chi connectivity index (χ0) is 22.8. The highest BCUT2D eigenvalue weighted by Gasteiger charge is 2.22. The number of fused-ring (bicyclic) bond motifs is 1. The van der Waals surface area contributed by atoms with Gasteiger partial charge in [-0.25, -0.2) is 0 Å². The van der Waals surface area contributed by atoms with Crippen molar-refractivity contribution in [1.82, 2.24) is 19.9 Å². The molecule has 1 saturated heterocycles. The summed E-state index contributed by atoms with van der Waals surface area (Å²) in [5, 5.41) is 3.35. The minimum absolute atomic E-state index is 0.561. The number of ether oxygens (including phenoxy) is 1. The Morgan fingerprint density at radius 1 is 1.09 bits per heavy atom. The van der Waals surface area contributed by atoms with Crippen molar-refractivity contribution >= 4 is 40.3 Å². The maximum atomic E-state index is 5.55. The van der Waals surface area contributed by atoms with Gasteiger partial charge in [-0.3, -0.25) is 0 Å². The Balaban J connectivity index is 1.55. The van der Waals surface area contributed by atoms with Gasteiger partial charge >= 0.3 is 0 Å². The van der Waals surface area contributed by atoms with Crippen molar-refractivity contribution in [2.24, 2.45) is 0 Å². The summed E-state index contributed by atoms with van der Waals surface area (Å²) in [5.74, 6) is 4.64. The molecule has 8 nitrogen and oxygen atoms in total. The molecule has 0 unspecified atom stereocenters. The molecule has 1 fully saturated rings. The molecule has 33 heavy (non-hydrogen) atoms. The van der Waals surface area contributed by atoms with E-state index in [1.807, 2.05) is 48.3 Å². The predicted octanol–water partition coefficient (Wildman–Crippen LogP) is 3.99. The van der Waals surface area contributed by atoms with Crippen LogP contribution in [0, 0.1) is 19.3 Å². The van der Waals surface area contributed by atoms with Gasteiger partial charge in [0.05, 0.1) is 13.2 Å². The zero-order valence-electron chi connectivity index (χ0n) is 18.7. The minimum Gasteiger partial charge on any atom is -0.378 e. The van der Waals surface area contributed by atoms with Crippen LogP contribution in [0.4, 0.5) is 29.1 Å². The van der Waals surface area contributed by atoms with E-state index in [9.17, 15) is 0 Å². The second-order valence-corrected chi connectivity index (χ2v) is 7.98. The predicted molar refractivity (Wildman–Crippen MR) is 132 cm³/mol. The third kappa shape index (κ3) is 4.31. The van der Waals surface area contributed by atoms with Crippen LogP contribution in [0.5, 0.6) is 0 Å². The van der Waals surface area contributed by atoms with Gasteiger partial charge in [-0.2, -0.15) is 15.0 Å². The SMILES string of the molecule is C#Cc1ccc(N(C)c2nc(N3CCOCC3)c3[nH]c(Nc4cccc(C)c4)nc3n2)cc1. The average Bonchev–Trinajstić information content (AvgIpc) is 3.26. The highest BCUT2D eigenvalue weighted by molar-refractivity contribution is 5.87. The Kier molecular flexibility index (Phi) is 5.55. The number of aromatic amines is 1. The number of rotatable bonds is 5. The minimum atomic E-state index is 0.561. The molecule has 5 rings (SSSR count). The smallest absolute Gasteiger partial charge is 0.233 e. The summed E-state index contributed by atoms with van der Waals surface area (Å²) in [7, 11) is 1.94. The van der Waals surface area contributed by atoms with Crippen molar-refractivity contribution in [3.63, 3.8) is 0 Å². The van der Waals surface area contributed by atoms with Crippen molar-refractivity contribution in [2.45, 2.75) is 6.92 Å². The quantitative estimate of drug-likeness (QED) is 0.455. The van der Waals surface area contributed by atoms with Crippen LogP contribution in [0.3, 0.4) is 0 Å². The number of terminal acetylenes is 1. The molecule has 0 spiro atoms. The molecule has 0 aliphatic carbocycles. The third-order valence-corrected chi connectivity index (χ3v) is 5.63. The fourth-order valence-electron chi connectivity index (χ4n) is 3.84. The summed E-state index contributed by atoms with van der Waals surface area (Å²) in [6.07, 6.45) is 5.50. The molecule has 0 radical (unpaired) electrons. The highest BCUT2D eigenvalue weighted by atomic mass is 16.5. The number of hydrogen-bond acceptors (Lipinski definition) is 7. The molecule has 2 aromatic heterocycles. The lowest BCUT2D eigenvalue weighted by atomic mass is 10.2. The van der Waals surface area contributed by atoms with Crippen molar-refractivity contribution < 1.29 is 4.74 Å². The van der Waals surface area contributed by atoms with E-state index >= 15 is 0 Å². The largest absolute Gasteiger partial charge is 0.378 e. The fraction of sp³-hybridized carbons (Fsp3) is 0.240. The molecule has 2 aromatic carbocycles. The number of aryl methyl sites for hydroxylation is 1. The summed E-state index contributed by atoms with van der Waals surface area (Å²) in [6, 6.07) is 15.9. The first-order chi connectivity index (χ1) is 16.1. The van der Waals surface area contributed by atoms with Crippen molar-refractivity contribution in [1.29, 1.82) is 0 Å². The molecule has 166 valence electrons. The molecule has 4 aromatic rings. The highest BCUT2D eigenvalue weighted by Crippen LogP contribution is 2.30. The van der Waals surface area contributed by atoms with Gasteiger partial charge in [0.15, 0.2) is 11.5 Å². The number of morpholine rings is 1. The van der Waals surface area contributed by atoms with Crippen LogP contribution >= 0.6 is 0 Å². The van der Waals surface area contributed by atoms with E-state index in [1.54, 1.807) is 0 Å². The molecule has 1 aliphatic heterocycles. The third-order valence-electron chi connectivity index (χ3n) is 5.63. The summed E-state index contributed by atoms with van der Waals surface area (Å²) < 4.78 is 5.55. The lowest BCUT2D eigenvalue weighted by molar-refractivity contribution is 0.122. The standard InChI is InChI=1S/C25H25N7O/c1-4-18-8-10-20(11-9-18)31(3)25-29-22-21(23(30-25)32-12-14-33-15-13-32)27-24(28-22)26-19-7-5-6-17(2)16-19/h1,5-11,16H,12-15H2,2-3H3,(H2,26,27,28,29,30). The number of benzene rings is 2. The molecule has 2 N–H and O–H groups in total. The van der Waals surface area contributed by atoms with Crippen molar-refractivity contribution in [2.75, 3.05) is 48.5 Å². The Morgan fingerprint density at radius 3 is 2.61 bits per heavy atom. The van der Waals surface area contributed by atoms with Crippen molar-refractivity contribution in [3.05, 3.63) is 59.7 Å². The topological polar surface area (TPSA) is 82.2 Å². The number of anilines is 5. The number of H-pyrrole nitrogens is 1.